The fourth-order valence-electron chi connectivity index (χ4n) is 1.68. The first-order valence-electron chi connectivity index (χ1n) is 6.07. The van der Waals surface area contributed by atoms with E-state index in [0.717, 1.165) is 5.56 Å². The number of pyridine rings is 1. The summed E-state index contributed by atoms with van der Waals surface area (Å²) in [5, 5.41) is 4.64. The highest BCUT2D eigenvalue weighted by Gasteiger charge is 2.31. The number of rotatable bonds is 4. The van der Waals surface area contributed by atoms with Crippen molar-refractivity contribution in [3.8, 4) is 11.3 Å². The SMILES string of the molecule is C[C@H](NC(=O)CC(F)(F)F)c1nc(-c2ccncc2)cs1. The van der Waals surface area contributed by atoms with Crippen molar-refractivity contribution >= 4 is 17.2 Å². The Morgan fingerprint density at radius 3 is 2.67 bits per heavy atom. The zero-order valence-corrected chi connectivity index (χ0v) is 11.8. The van der Waals surface area contributed by atoms with Crippen molar-refractivity contribution < 1.29 is 18.0 Å². The molecule has 8 heteroatoms. The van der Waals surface area contributed by atoms with Gasteiger partial charge in [-0.25, -0.2) is 4.98 Å². The van der Waals surface area contributed by atoms with Crippen LogP contribution in [-0.4, -0.2) is 22.1 Å². The Balaban J connectivity index is 2.03. The molecule has 0 radical (unpaired) electrons. The first-order valence-corrected chi connectivity index (χ1v) is 6.95. The molecule has 2 aromatic rings. The standard InChI is InChI=1S/C13H12F3N3OS/c1-8(18-11(20)6-13(14,15)16)12-19-10(7-21-12)9-2-4-17-5-3-9/h2-5,7-8H,6H2,1H3,(H,18,20)/t8-/m0/s1. The second-order valence-corrected chi connectivity index (χ2v) is 5.28. The van der Waals surface area contributed by atoms with Crippen molar-refractivity contribution in [2.75, 3.05) is 0 Å². The number of hydrogen-bond donors (Lipinski definition) is 1. The zero-order chi connectivity index (χ0) is 15.5. The number of halogens is 3. The second kappa shape index (κ2) is 6.21. The van der Waals surface area contributed by atoms with Gasteiger partial charge in [0.15, 0.2) is 0 Å². The van der Waals surface area contributed by atoms with Crippen molar-refractivity contribution in [1.82, 2.24) is 15.3 Å². The molecule has 21 heavy (non-hydrogen) atoms. The van der Waals surface area contributed by atoms with Gasteiger partial charge in [-0.15, -0.1) is 11.3 Å². The Kier molecular flexibility index (Phi) is 4.56. The number of alkyl halides is 3. The van der Waals surface area contributed by atoms with Gasteiger partial charge in [0.1, 0.15) is 11.4 Å². The maximum atomic E-state index is 12.1. The smallest absolute Gasteiger partial charge is 0.347 e. The molecule has 0 spiro atoms. The van der Waals surface area contributed by atoms with Gasteiger partial charge >= 0.3 is 6.18 Å². The molecule has 2 aromatic heterocycles. The van der Waals surface area contributed by atoms with E-state index in [9.17, 15) is 18.0 Å². The third kappa shape index (κ3) is 4.52. The average molecular weight is 315 g/mol. The van der Waals surface area contributed by atoms with Gasteiger partial charge in [-0.2, -0.15) is 13.2 Å². The molecule has 0 unspecified atom stereocenters. The zero-order valence-electron chi connectivity index (χ0n) is 11.0. The van der Waals surface area contributed by atoms with Crippen LogP contribution in [0.25, 0.3) is 11.3 Å². The molecule has 1 amide bonds. The average Bonchev–Trinajstić information content (AvgIpc) is 2.87. The van der Waals surface area contributed by atoms with Crippen LogP contribution >= 0.6 is 11.3 Å². The van der Waals surface area contributed by atoms with Crippen LogP contribution in [0, 0.1) is 0 Å². The molecule has 0 fully saturated rings. The molecule has 4 nitrogen and oxygen atoms in total. The number of aromatic nitrogens is 2. The van der Waals surface area contributed by atoms with E-state index in [1.54, 1.807) is 36.8 Å². The van der Waals surface area contributed by atoms with E-state index in [-0.39, 0.29) is 0 Å². The summed E-state index contributed by atoms with van der Waals surface area (Å²) < 4.78 is 36.3. The second-order valence-electron chi connectivity index (χ2n) is 4.39. The van der Waals surface area contributed by atoms with E-state index in [1.807, 2.05) is 0 Å². The fourth-order valence-corrected chi connectivity index (χ4v) is 2.51. The number of amides is 1. The molecule has 1 N–H and O–H groups in total. The summed E-state index contributed by atoms with van der Waals surface area (Å²) in [5.74, 6) is -1.06. The quantitative estimate of drug-likeness (QED) is 0.941. The predicted molar refractivity (Wildman–Crippen MR) is 72.6 cm³/mol. The maximum Gasteiger partial charge on any atom is 0.397 e. The highest BCUT2D eigenvalue weighted by Crippen LogP contribution is 2.25. The van der Waals surface area contributed by atoms with Crippen molar-refractivity contribution in [3.05, 3.63) is 34.9 Å². The monoisotopic (exact) mass is 315 g/mol. The van der Waals surface area contributed by atoms with Gasteiger partial charge in [-0.1, -0.05) is 0 Å². The summed E-state index contributed by atoms with van der Waals surface area (Å²) in [4.78, 5) is 19.5. The van der Waals surface area contributed by atoms with Gasteiger partial charge < -0.3 is 5.32 Å². The molecule has 0 aromatic carbocycles. The summed E-state index contributed by atoms with van der Waals surface area (Å²) >= 11 is 1.28. The van der Waals surface area contributed by atoms with Gasteiger partial charge in [0, 0.05) is 23.3 Å². The fraction of sp³-hybridized carbons (Fsp3) is 0.308. The lowest BCUT2D eigenvalue weighted by Crippen LogP contribution is -2.30. The molecular weight excluding hydrogens is 303 g/mol. The number of nitrogens with zero attached hydrogens (tertiary/aromatic N) is 2. The van der Waals surface area contributed by atoms with Crippen molar-refractivity contribution in [2.24, 2.45) is 0 Å². The van der Waals surface area contributed by atoms with Crippen LogP contribution in [0.5, 0.6) is 0 Å². The van der Waals surface area contributed by atoms with E-state index in [0.29, 0.717) is 10.7 Å². The summed E-state index contributed by atoms with van der Waals surface area (Å²) in [7, 11) is 0. The first-order chi connectivity index (χ1) is 9.85. The summed E-state index contributed by atoms with van der Waals surface area (Å²) in [5.41, 5.74) is 1.57. The van der Waals surface area contributed by atoms with Crippen LogP contribution in [0.3, 0.4) is 0 Å². The minimum atomic E-state index is -4.51. The molecule has 0 saturated heterocycles. The molecule has 2 heterocycles. The summed E-state index contributed by atoms with van der Waals surface area (Å²) in [6.07, 6.45) is -2.74. The van der Waals surface area contributed by atoms with Crippen LogP contribution in [0.1, 0.15) is 24.4 Å². The molecule has 0 saturated carbocycles. The molecule has 0 aliphatic heterocycles. The van der Waals surface area contributed by atoms with Crippen molar-refractivity contribution in [3.63, 3.8) is 0 Å². The molecule has 0 aliphatic carbocycles. The molecule has 1 atom stereocenters. The summed E-state index contributed by atoms with van der Waals surface area (Å²) in [6.45, 7) is 1.60. The topological polar surface area (TPSA) is 54.9 Å². The van der Waals surface area contributed by atoms with Crippen LogP contribution in [0.4, 0.5) is 13.2 Å². The third-order valence-corrected chi connectivity index (χ3v) is 3.63. The highest BCUT2D eigenvalue weighted by molar-refractivity contribution is 7.10. The molecule has 0 bridgehead atoms. The number of nitrogens with one attached hydrogen (secondary N) is 1. The van der Waals surface area contributed by atoms with E-state index < -0.39 is 24.5 Å². The Bertz CT molecular complexity index is 613. The van der Waals surface area contributed by atoms with Gasteiger partial charge in [0.25, 0.3) is 0 Å². The molecule has 112 valence electrons. The van der Waals surface area contributed by atoms with E-state index in [2.05, 4.69) is 15.3 Å². The van der Waals surface area contributed by atoms with E-state index >= 15 is 0 Å². The lowest BCUT2D eigenvalue weighted by Gasteiger charge is -2.12. The molecule has 2 rings (SSSR count). The summed E-state index contributed by atoms with van der Waals surface area (Å²) in [6, 6.07) is 3.00. The normalized spacial score (nSPS) is 13.0. The Hall–Kier alpha value is -1.96. The van der Waals surface area contributed by atoms with Crippen molar-refractivity contribution in [2.45, 2.75) is 25.6 Å². The lowest BCUT2D eigenvalue weighted by atomic mass is 10.2. The minimum absolute atomic E-state index is 0.553. The van der Waals surface area contributed by atoms with Crippen LogP contribution in [0.2, 0.25) is 0 Å². The Labute approximate surface area is 123 Å². The number of thiazole rings is 1. The largest absolute Gasteiger partial charge is 0.397 e. The van der Waals surface area contributed by atoms with E-state index in [1.165, 1.54) is 11.3 Å². The minimum Gasteiger partial charge on any atom is -0.347 e. The predicted octanol–water partition coefficient (Wildman–Crippen LogP) is 3.33. The number of carbonyl (C=O) groups is 1. The number of hydrogen-bond acceptors (Lipinski definition) is 4. The van der Waals surface area contributed by atoms with Crippen molar-refractivity contribution in [1.29, 1.82) is 0 Å². The van der Waals surface area contributed by atoms with Crippen LogP contribution in [-0.2, 0) is 4.79 Å². The number of carbonyl (C=O) groups excluding carboxylic acids is 1. The van der Waals surface area contributed by atoms with Crippen LogP contribution in [0.15, 0.2) is 29.9 Å². The lowest BCUT2D eigenvalue weighted by molar-refractivity contribution is -0.154. The van der Waals surface area contributed by atoms with E-state index in [4.69, 9.17) is 0 Å². The highest BCUT2D eigenvalue weighted by atomic mass is 32.1. The molecule has 0 aliphatic rings. The molecular formula is C13H12F3N3OS. The van der Waals surface area contributed by atoms with Gasteiger partial charge in [-0.05, 0) is 19.1 Å². The van der Waals surface area contributed by atoms with Gasteiger partial charge in [0.2, 0.25) is 5.91 Å². The van der Waals surface area contributed by atoms with Gasteiger partial charge in [-0.3, -0.25) is 9.78 Å². The Morgan fingerprint density at radius 2 is 2.05 bits per heavy atom. The maximum absolute atomic E-state index is 12.1. The Morgan fingerprint density at radius 1 is 1.38 bits per heavy atom. The first kappa shape index (κ1) is 15.4. The van der Waals surface area contributed by atoms with Crippen LogP contribution < -0.4 is 5.32 Å². The van der Waals surface area contributed by atoms with Gasteiger partial charge in [0.05, 0.1) is 11.7 Å². The third-order valence-electron chi connectivity index (χ3n) is 2.61.